The largest absolute Gasteiger partial charge is 0.377 e. The van der Waals surface area contributed by atoms with Crippen LogP contribution < -0.4 is 20.5 Å². The predicted molar refractivity (Wildman–Crippen MR) is 138 cm³/mol. The molecule has 2 aromatic heterocycles. The van der Waals surface area contributed by atoms with Gasteiger partial charge in [0.15, 0.2) is 15.9 Å². The predicted octanol–water partition coefficient (Wildman–Crippen LogP) is 3.77. The third kappa shape index (κ3) is 4.55. The van der Waals surface area contributed by atoms with Gasteiger partial charge in [-0.1, -0.05) is 30.0 Å². The molecule has 0 radical (unpaired) electrons. The number of fused-ring (bicyclic) bond motifs is 4. The number of benzene rings is 1. The molecule has 0 saturated carbocycles. The maximum atomic E-state index is 5.86. The number of rotatable bonds is 5. The minimum absolute atomic E-state index is 0.876. The van der Waals surface area contributed by atoms with Crippen molar-refractivity contribution in [3.8, 4) is 5.75 Å². The quantitative estimate of drug-likeness (QED) is 0.539. The second kappa shape index (κ2) is 9.50. The zero-order chi connectivity index (χ0) is 22.0. The van der Waals surface area contributed by atoms with E-state index in [4.69, 9.17) is 14.8 Å². The van der Waals surface area contributed by atoms with Crippen molar-refractivity contribution in [1.82, 2.24) is 20.7 Å². The molecule has 33 heavy (non-hydrogen) atoms. The monoisotopic (exact) mass is 480 g/mol. The average molecular weight is 481 g/mol. The fourth-order valence-electron chi connectivity index (χ4n) is 4.63. The molecule has 1 fully saturated rings. The van der Waals surface area contributed by atoms with Crippen molar-refractivity contribution in [2.24, 2.45) is 4.99 Å². The Morgan fingerprint density at radius 3 is 2.94 bits per heavy atom. The van der Waals surface area contributed by atoms with Crippen molar-refractivity contribution in [1.29, 1.82) is 0 Å². The number of para-hydroxylation sites is 1. The third-order valence-electron chi connectivity index (χ3n) is 6.44. The van der Waals surface area contributed by atoms with Gasteiger partial charge in [-0.3, -0.25) is 4.90 Å². The van der Waals surface area contributed by atoms with Gasteiger partial charge in [0.05, 0.1) is 5.52 Å². The van der Waals surface area contributed by atoms with Gasteiger partial charge in [-0.05, 0) is 44.1 Å². The zero-order valence-electron chi connectivity index (χ0n) is 18.5. The first kappa shape index (κ1) is 21.2. The van der Waals surface area contributed by atoms with Crippen LogP contribution in [0.3, 0.4) is 0 Å². The van der Waals surface area contributed by atoms with Crippen molar-refractivity contribution >= 4 is 50.0 Å². The van der Waals surface area contributed by atoms with Crippen LogP contribution in [-0.2, 0) is 13.0 Å². The van der Waals surface area contributed by atoms with E-state index >= 15 is 0 Å². The fraction of sp³-hybridized carbons (Fsp3) is 0.417. The van der Waals surface area contributed by atoms with Gasteiger partial charge in [0.1, 0.15) is 5.82 Å². The van der Waals surface area contributed by atoms with Gasteiger partial charge in [0, 0.05) is 54.3 Å². The van der Waals surface area contributed by atoms with E-state index in [1.165, 1.54) is 15.8 Å². The summed E-state index contributed by atoms with van der Waals surface area (Å²) < 4.78 is 0. The number of anilines is 1. The highest BCUT2D eigenvalue weighted by Gasteiger charge is 2.25. The Labute approximate surface area is 202 Å². The summed E-state index contributed by atoms with van der Waals surface area (Å²) in [6.07, 6.45) is 2.16. The molecule has 0 bridgehead atoms. The Kier molecular flexibility index (Phi) is 6.11. The smallest absolute Gasteiger partial charge is 0.196 e. The van der Waals surface area contributed by atoms with E-state index in [1.807, 2.05) is 0 Å². The number of aliphatic imine (C=N–C) groups is 1. The van der Waals surface area contributed by atoms with Crippen LogP contribution in [0.2, 0.25) is 0 Å². The first-order valence-electron chi connectivity index (χ1n) is 11.7. The number of piperazine rings is 1. The number of hydroxylamine groups is 1. The van der Waals surface area contributed by atoms with Crippen molar-refractivity contribution in [3.05, 3.63) is 46.8 Å². The Balaban J connectivity index is 0.962. The molecule has 3 aromatic rings. The molecule has 0 unspecified atom stereocenters. The Bertz CT molecular complexity index is 1170. The molecular formula is C24H28N6OS2. The third-order valence-corrected chi connectivity index (χ3v) is 8.49. The van der Waals surface area contributed by atoms with Crippen molar-refractivity contribution < 1.29 is 4.84 Å². The molecule has 0 amide bonds. The summed E-state index contributed by atoms with van der Waals surface area (Å²) in [6.45, 7) is 7.28. The van der Waals surface area contributed by atoms with Gasteiger partial charge >= 0.3 is 0 Å². The fourth-order valence-corrected chi connectivity index (χ4v) is 6.53. The lowest BCUT2D eigenvalue weighted by molar-refractivity contribution is 0.258. The molecule has 1 aromatic carbocycles. The molecule has 6 rings (SSSR count). The van der Waals surface area contributed by atoms with Crippen LogP contribution in [0.5, 0.6) is 5.75 Å². The number of thiophene rings is 1. The number of pyridine rings is 1. The number of hydrogen-bond acceptors (Lipinski definition) is 9. The van der Waals surface area contributed by atoms with E-state index in [1.54, 1.807) is 23.1 Å². The lowest BCUT2D eigenvalue weighted by Gasteiger charge is -2.35. The molecule has 0 atom stereocenters. The zero-order valence-corrected chi connectivity index (χ0v) is 20.2. The standard InChI is InChI=1S/C24H28N6OS2/c1-2-5-19-17(4-1)6-7-21(26-19)30-13-11-29(12-14-30)10-3-15-32-24-27-23-22(31-28-24)18-8-9-25-16-20(18)33-23/h1-2,4-7,25H,3,8-16H2,(H,27,28). The van der Waals surface area contributed by atoms with Crippen molar-refractivity contribution in [3.63, 3.8) is 0 Å². The van der Waals surface area contributed by atoms with Gasteiger partial charge in [-0.2, -0.15) is 5.48 Å². The van der Waals surface area contributed by atoms with Gasteiger partial charge < -0.3 is 15.1 Å². The Morgan fingerprint density at radius 2 is 2.00 bits per heavy atom. The summed E-state index contributed by atoms with van der Waals surface area (Å²) >= 11 is 3.51. The highest BCUT2D eigenvalue weighted by atomic mass is 32.2. The summed E-state index contributed by atoms with van der Waals surface area (Å²) in [5, 5.41) is 6.52. The molecule has 7 nitrogen and oxygen atoms in total. The number of nitrogens with zero attached hydrogens (tertiary/aromatic N) is 4. The van der Waals surface area contributed by atoms with E-state index in [-0.39, 0.29) is 0 Å². The summed E-state index contributed by atoms with van der Waals surface area (Å²) in [7, 11) is 0. The minimum Gasteiger partial charge on any atom is -0.377 e. The average Bonchev–Trinajstić information content (AvgIpc) is 3.24. The summed E-state index contributed by atoms with van der Waals surface area (Å²) in [5.74, 6) is 3.07. The van der Waals surface area contributed by atoms with Crippen molar-refractivity contribution in [2.75, 3.05) is 49.9 Å². The van der Waals surface area contributed by atoms with Crippen LogP contribution in [0.1, 0.15) is 16.9 Å². The van der Waals surface area contributed by atoms with Gasteiger partial charge in [-0.15, -0.1) is 11.3 Å². The summed E-state index contributed by atoms with van der Waals surface area (Å²) in [4.78, 5) is 21.9. The topological polar surface area (TPSA) is 65.0 Å². The summed E-state index contributed by atoms with van der Waals surface area (Å²) in [6, 6.07) is 12.7. The van der Waals surface area contributed by atoms with E-state index in [9.17, 15) is 0 Å². The van der Waals surface area contributed by atoms with E-state index in [0.717, 1.165) is 91.7 Å². The lowest BCUT2D eigenvalue weighted by atomic mass is 10.1. The second-order valence-corrected chi connectivity index (χ2v) is 10.7. The van der Waals surface area contributed by atoms with E-state index in [2.05, 4.69) is 57.0 Å². The van der Waals surface area contributed by atoms with Crippen LogP contribution in [0.15, 0.2) is 41.4 Å². The number of aromatic nitrogens is 1. The number of nitrogens with one attached hydrogen (secondary N) is 2. The SMILES string of the molecule is c1ccc2nc(N3CCN(CCCSC4=Nc5sc6c(c5ON4)CCNC6)CC3)ccc2c1. The maximum Gasteiger partial charge on any atom is 0.196 e. The lowest BCUT2D eigenvalue weighted by Crippen LogP contribution is -2.47. The number of thioether (sulfide) groups is 1. The second-order valence-electron chi connectivity index (χ2n) is 8.58. The van der Waals surface area contributed by atoms with E-state index in [0.29, 0.717) is 0 Å². The van der Waals surface area contributed by atoms with Crippen LogP contribution in [0.4, 0.5) is 10.8 Å². The molecule has 3 aliphatic heterocycles. The first-order chi connectivity index (χ1) is 16.3. The van der Waals surface area contributed by atoms with Crippen LogP contribution in [0.25, 0.3) is 10.9 Å². The van der Waals surface area contributed by atoms with Crippen LogP contribution in [0, 0.1) is 0 Å². The molecule has 9 heteroatoms. The number of amidine groups is 1. The molecule has 2 N–H and O–H groups in total. The number of hydrogen-bond donors (Lipinski definition) is 2. The molecule has 172 valence electrons. The van der Waals surface area contributed by atoms with Crippen molar-refractivity contribution in [2.45, 2.75) is 19.4 Å². The molecular weight excluding hydrogens is 452 g/mol. The highest BCUT2D eigenvalue weighted by Crippen LogP contribution is 2.45. The Morgan fingerprint density at radius 1 is 1.09 bits per heavy atom. The summed E-state index contributed by atoms with van der Waals surface area (Å²) in [5.41, 5.74) is 5.46. The minimum atomic E-state index is 0.876. The molecule has 3 aliphatic rings. The molecule has 1 saturated heterocycles. The normalized spacial score (nSPS) is 18.3. The molecule has 0 aliphatic carbocycles. The van der Waals surface area contributed by atoms with E-state index < -0.39 is 0 Å². The highest BCUT2D eigenvalue weighted by molar-refractivity contribution is 8.13. The van der Waals surface area contributed by atoms with Gasteiger partial charge in [0.25, 0.3) is 0 Å². The Hall–Kier alpha value is -2.33. The van der Waals surface area contributed by atoms with Gasteiger partial charge in [0.2, 0.25) is 0 Å². The van der Waals surface area contributed by atoms with Crippen LogP contribution in [-0.4, -0.2) is 60.1 Å². The first-order valence-corrected chi connectivity index (χ1v) is 13.5. The van der Waals surface area contributed by atoms with Gasteiger partial charge in [-0.25, -0.2) is 9.98 Å². The molecule has 0 spiro atoms. The molecule has 5 heterocycles. The maximum absolute atomic E-state index is 5.86. The van der Waals surface area contributed by atoms with Crippen LogP contribution >= 0.6 is 23.1 Å².